The first-order valence-corrected chi connectivity index (χ1v) is 5.33. The van der Waals surface area contributed by atoms with Gasteiger partial charge in [0.2, 0.25) is 0 Å². The highest BCUT2D eigenvalue weighted by atomic mass is 14.7. The molecule has 1 aromatic carbocycles. The zero-order chi connectivity index (χ0) is 10.9. The van der Waals surface area contributed by atoms with Crippen molar-refractivity contribution in [3.63, 3.8) is 0 Å². The van der Waals surface area contributed by atoms with E-state index in [9.17, 15) is 0 Å². The van der Waals surface area contributed by atoms with Gasteiger partial charge in [-0.2, -0.15) is 0 Å². The Balaban J connectivity index is 2.28. The largest absolute Gasteiger partial charge is 0.301 e. The number of hydrogen-bond donors (Lipinski definition) is 0. The first-order valence-electron chi connectivity index (χ1n) is 5.33. The third kappa shape index (κ3) is 5.11. The van der Waals surface area contributed by atoms with Gasteiger partial charge in [-0.1, -0.05) is 17.7 Å². The van der Waals surface area contributed by atoms with E-state index in [1.807, 2.05) is 24.6 Å². The molecule has 2 nitrogen and oxygen atoms in total. The van der Waals surface area contributed by atoms with Crippen LogP contribution in [0.2, 0.25) is 0 Å². The molecule has 0 saturated heterocycles. The fraction of sp³-hybridized carbons (Fsp3) is 0.385. The molecule has 0 heterocycles. The highest BCUT2D eigenvalue weighted by Gasteiger charge is 1.87. The monoisotopic (exact) mass is 202 g/mol. The average molecular weight is 202 g/mol. The lowest BCUT2D eigenvalue weighted by atomic mass is 10.2. The second kappa shape index (κ2) is 6.93. The van der Waals surface area contributed by atoms with Crippen LogP contribution in [-0.2, 0) is 0 Å². The minimum atomic E-state index is 1.01. The summed E-state index contributed by atoms with van der Waals surface area (Å²) < 4.78 is 0. The molecule has 0 bridgehead atoms. The topological polar surface area (TPSA) is 24.7 Å². The van der Waals surface area contributed by atoms with E-state index >= 15 is 0 Å². The van der Waals surface area contributed by atoms with Crippen LogP contribution in [0.4, 0.5) is 5.69 Å². The summed E-state index contributed by atoms with van der Waals surface area (Å²) in [5.41, 5.74) is 2.30. The van der Waals surface area contributed by atoms with Crippen LogP contribution < -0.4 is 0 Å². The summed E-state index contributed by atoms with van der Waals surface area (Å²) in [5.74, 6) is 0. The zero-order valence-corrected chi connectivity index (χ0v) is 9.48. The van der Waals surface area contributed by atoms with Crippen molar-refractivity contribution in [3.05, 3.63) is 29.8 Å². The number of hydrogen-bond acceptors (Lipinski definition) is 2. The van der Waals surface area contributed by atoms with E-state index in [2.05, 4.69) is 29.0 Å². The van der Waals surface area contributed by atoms with Crippen LogP contribution in [0.3, 0.4) is 0 Å². The Hall–Kier alpha value is -1.44. The number of aryl methyl sites for hydroxylation is 1. The molecule has 0 radical (unpaired) electrons. The first kappa shape index (κ1) is 11.6. The maximum atomic E-state index is 4.38. The average Bonchev–Trinajstić information content (AvgIpc) is 2.26. The van der Waals surface area contributed by atoms with Crippen molar-refractivity contribution in [2.75, 3.05) is 7.05 Å². The Morgan fingerprint density at radius 3 is 2.40 bits per heavy atom. The second-order valence-electron chi connectivity index (χ2n) is 3.52. The molecule has 0 saturated carbocycles. The summed E-state index contributed by atoms with van der Waals surface area (Å²) in [7, 11) is 1.81. The van der Waals surface area contributed by atoms with Gasteiger partial charge < -0.3 is 4.99 Å². The van der Waals surface area contributed by atoms with E-state index in [0.29, 0.717) is 0 Å². The number of benzene rings is 1. The summed E-state index contributed by atoms with van der Waals surface area (Å²) in [6, 6.07) is 8.24. The van der Waals surface area contributed by atoms with Gasteiger partial charge in [-0.15, -0.1) is 0 Å². The van der Waals surface area contributed by atoms with Crippen molar-refractivity contribution in [3.8, 4) is 0 Å². The van der Waals surface area contributed by atoms with E-state index in [4.69, 9.17) is 0 Å². The SMILES string of the molecule is C/N=C/CCC/C=N/c1ccc(C)cc1. The molecule has 0 aromatic heterocycles. The Kier molecular flexibility index (Phi) is 5.38. The lowest BCUT2D eigenvalue weighted by Crippen LogP contribution is -1.79. The van der Waals surface area contributed by atoms with Crippen molar-refractivity contribution in [2.24, 2.45) is 9.98 Å². The molecule has 0 aliphatic rings. The molecule has 1 aromatic rings. The first-order chi connectivity index (χ1) is 7.33. The molecular weight excluding hydrogens is 184 g/mol. The number of unbranched alkanes of at least 4 members (excludes halogenated alkanes) is 2. The van der Waals surface area contributed by atoms with Crippen molar-refractivity contribution in [1.82, 2.24) is 0 Å². The van der Waals surface area contributed by atoms with Crippen LogP contribution in [0.5, 0.6) is 0 Å². The van der Waals surface area contributed by atoms with Gasteiger partial charge >= 0.3 is 0 Å². The number of nitrogens with zero attached hydrogens (tertiary/aromatic N) is 2. The molecule has 2 heteroatoms. The smallest absolute Gasteiger partial charge is 0.0625 e. The molecular formula is C13H18N2. The standard InChI is InChI=1S/C13H18N2/c1-12-6-8-13(9-7-12)15-11-5-3-4-10-14-2/h6-11H,3-5H2,1-2H3/b14-10+,15-11+. The minimum absolute atomic E-state index is 1.01. The Morgan fingerprint density at radius 2 is 1.73 bits per heavy atom. The minimum Gasteiger partial charge on any atom is -0.301 e. The van der Waals surface area contributed by atoms with Crippen LogP contribution >= 0.6 is 0 Å². The summed E-state index contributed by atoms with van der Waals surface area (Å²) in [6.45, 7) is 2.08. The molecule has 15 heavy (non-hydrogen) atoms. The number of aliphatic imine (C=N–C) groups is 2. The maximum absolute atomic E-state index is 4.38. The van der Waals surface area contributed by atoms with E-state index in [0.717, 1.165) is 24.9 Å². The maximum Gasteiger partial charge on any atom is 0.0625 e. The van der Waals surface area contributed by atoms with Gasteiger partial charge in [0.1, 0.15) is 0 Å². The molecule has 0 N–H and O–H groups in total. The zero-order valence-electron chi connectivity index (χ0n) is 9.48. The van der Waals surface area contributed by atoms with Crippen LogP contribution in [0.25, 0.3) is 0 Å². The molecule has 0 fully saturated rings. The molecule has 80 valence electrons. The van der Waals surface area contributed by atoms with Crippen LogP contribution in [-0.4, -0.2) is 19.5 Å². The normalized spacial score (nSPS) is 11.6. The fourth-order valence-corrected chi connectivity index (χ4v) is 1.23. The van der Waals surface area contributed by atoms with Crippen molar-refractivity contribution >= 4 is 18.1 Å². The summed E-state index contributed by atoms with van der Waals surface area (Å²) in [4.78, 5) is 8.31. The van der Waals surface area contributed by atoms with Gasteiger partial charge in [0, 0.05) is 13.3 Å². The van der Waals surface area contributed by atoms with Crippen molar-refractivity contribution in [2.45, 2.75) is 26.2 Å². The van der Waals surface area contributed by atoms with Crippen molar-refractivity contribution in [1.29, 1.82) is 0 Å². The molecule has 0 amide bonds. The predicted molar refractivity (Wildman–Crippen MR) is 67.6 cm³/mol. The Morgan fingerprint density at radius 1 is 1.07 bits per heavy atom. The van der Waals surface area contributed by atoms with Gasteiger partial charge in [-0.05, 0) is 44.5 Å². The molecule has 0 spiro atoms. The molecule has 0 aliphatic carbocycles. The van der Waals surface area contributed by atoms with Gasteiger partial charge in [0.15, 0.2) is 0 Å². The molecule has 0 atom stereocenters. The molecule has 0 unspecified atom stereocenters. The van der Waals surface area contributed by atoms with Crippen molar-refractivity contribution < 1.29 is 0 Å². The highest BCUT2D eigenvalue weighted by molar-refractivity contribution is 5.64. The third-order valence-electron chi connectivity index (χ3n) is 2.12. The van der Waals surface area contributed by atoms with Gasteiger partial charge in [-0.25, -0.2) is 0 Å². The Bertz CT molecular complexity index is 323. The summed E-state index contributed by atoms with van der Waals surface area (Å²) in [5, 5.41) is 0. The van der Waals surface area contributed by atoms with Gasteiger partial charge in [0.05, 0.1) is 5.69 Å². The molecule has 1 rings (SSSR count). The summed E-state index contributed by atoms with van der Waals surface area (Å²) in [6.07, 6.45) is 7.09. The third-order valence-corrected chi connectivity index (χ3v) is 2.12. The quantitative estimate of drug-likeness (QED) is 0.515. The predicted octanol–water partition coefficient (Wildman–Crippen LogP) is 3.57. The van der Waals surface area contributed by atoms with Gasteiger partial charge in [0.25, 0.3) is 0 Å². The van der Waals surface area contributed by atoms with E-state index in [1.165, 1.54) is 5.56 Å². The lowest BCUT2D eigenvalue weighted by molar-refractivity contribution is 0.942. The van der Waals surface area contributed by atoms with Gasteiger partial charge in [-0.3, -0.25) is 4.99 Å². The van der Waals surface area contributed by atoms with Crippen LogP contribution in [0, 0.1) is 6.92 Å². The van der Waals surface area contributed by atoms with E-state index < -0.39 is 0 Å². The van der Waals surface area contributed by atoms with E-state index in [1.54, 1.807) is 7.05 Å². The fourth-order valence-electron chi connectivity index (χ4n) is 1.23. The van der Waals surface area contributed by atoms with Crippen LogP contribution in [0.15, 0.2) is 34.3 Å². The molecule has 0 aliphatic heterocycles. The van der Waals surface area contributed by atoms with E-state index in [-0.39, 0.29) is 0 Å². The Labute approximate surface area is 91.8 Å². The summed E-state index contributed by atoms with van der Waals surface area (Å²) >= 11 is 0. The second-order valence-corrected chi connectivity index (χ2v) is 3.52. The number of rotatable bonds is 5. The lowest BCUT2D eigenvalue weighted by Gasteiger charge is -1.94. The van der Waals surface area contributed by atoms with Crippen LogP contribution in [0.1, 0.15) is 24.8 Å². The highest BCUT2D eigenvalue weighted by Crippen LogP contribution is 2.11.